The maximum absolute atomic E-state index is 4.51. The first-order valence-corrected chi connectivity index (χ1v) is 6.66. The summed E-state index contributed by atoms with van der Waals surface area (Å²) in [5, 5.41) is 3.35. The summed E-state index contributed by atoms with van der Waals surface area (Å²) in [6.45, 7) is 1.85. The molecule has 3 N–H and O–H groups in total. The van der Waals surface area contributed by atoms with Gasteiger partial charge in [-0.2, -0.15) is 0 Å². The van der Waals surface area contributed by atoms with Crippen LogP contribution < -0.4 is 5.32 Å². The van der Waals surface area contributed by atoms with Gasteiger partial charge in [-0.25, -0.2) is 0 Å². The van der Waals surface area contributed by atoms with Crippen LogP contribution in [0.15, 0.2) is 59.7 Å². The molecule has 4 nitrogen and oxygen atoms in total. The second-order valence-corrected chi connectivity index (χ2v) is 4.68. The Bertz CT molecular complexity index is 525. The van der Waals surface area contributed by atoms with Crippen molar-refractivity contribution < 1.29 is 5.48 Å². The first kappa shape index (κ1) is 20.4. The third-order valence-electron chi connectivity index (χ3n) is 3.39. The van der Waals surface area contributed by atoms with Crippen molar-refractivity contribution >= 4 is 30.6 Å². The van der Waals surface area contributed by atoms with Crippen molar-refractivity contribution in [1.29, 1.82) is 0 Å². The minimum atomic E-state index is 0. The molecule has 22 heavy (non-hydrogen) atoms. The van der Waals surface area contributed by atoms with Crippen LogP contribution in [0.3, 0.4) is 0 Å². The number of hydrogen-bond donors (Lipinski definition) is 1. The number of benzene rings is 1. The van der Waals surface area contributed by atoms with E-state index in [4.69, 9.17) is 0 Å². The lowest BCUT2D eigenvalue weighted by molar-refractivity contribution is 0.801. The summed E-state index contributed by atoms with van der Waals surface area (Å²) >= 11 is 0. The van der Waals surface area contributed by atoms with Crippen molar-refractivity contribution in [2.24, 2.45) is 4.99 Å². The van der Waals surface area contributed by atoms with Crippen LogP contribution in [-0.2, 0) is 0 Å². The Kier molecular flexibility index (Phi) is 9.42. The highest BCUT2D eigenvalue weighted by Crippen LogP contribution is 2.26. The first-order chi connectivity index (χ1) is 9.43. The van der Waals surface area contributed by atoms with E-state index >= 15 is 0 Å². The number of aromatic nitrogens is 1. The van der Waals surface area contributed by atoms with Crippen LogP contribution in [0.1, 0.15) is 23.6 Å². The highest BCUT2D eigenvalue weighted by molar-refractivity contribution is 5.85. The molecule has 0 aliphatic carbocycles. The fourth-order valence-corrected chi connectivity index (χ4v) is 2.44. The molecule has 2 aromatic rings. The molecule has 1 atom stereocenters. The highest BCUT2D eigenvalue weighted by Gasteiger charge is 2.19. The molecular weight excluding hydrogens is 321 g/mol. The van der Waals surface area contributed by atoms with Gasteiger partial charge in [0, 0.05) is 30.8 Å². The van der Waals surface area contributed by atoms with Gasteiger partial charge in [0.05, 0.1) is 12.4 Å². The molecule has 120 valence electrons. The van der Waals surface area contributed by atoms with Gasteiger partial charge < -0.3 is 10.8 Å². The summed E-state index contributed by atoms with van der Waals surface area (Å²) in [7, 11) is 0. The molecule has 1 aliphatic heterocycles. The van der Waals surface area contributed by atoms with Crippen molar-refractivity contribution in [3.8, 4) is 0 Å². The molecule has 0 saturated heterocycles. The van der Waals surface area contributed by atoms with Gasteiger partial charge in [-0.15, -0.1) is 24.8 Å². The van der Waals surface area contributed by atoms with Crippen LogP contribution in [0.4, 0.5) is 0 Å². The molecule has 3 rings (SSSR count). The predicted molar refractivity (Wildman–Crippen MR) is 95.6 cm³/mol. The maximum atomic E-state index is 4.51. The maximum Gasteiger partial charge on any atom is 0.0974 e. The monoisotopic (exact) mass is 341 g/mol. The molecule has 1 aliphatic rings. The molecule has 2 heterocycles. The third kappa shape index (κ3) is 4.98. The summed E-state index contributed by atoms with van der Waals surface area (Å²) in [5.74, 6) is 1.37. The Hall–Kier alpha value is -1.62. The van der Waals surface area contributed by atoms with Crippen LogP contribution in [0.25, 0.3) is 0 Å². The van der Waals surface area contributed by atoms with Crippen molar-refractivity contribution in [2.45, 2.75) is 12.3 Å². The van der Waals surface area contributed by atoms with Gasteiger partial charge in [0.15, 0.2) is 0 Å². The number of nitrogens with one attached hydrogen (secondary N) is 1. The number of amidine groups is 1. The average Bonchev–Trinajstić information content (AvgIpc) is 3.00. The summed E-state index contributed by atoms with van der Waals surface area (Å²) in [6, 6.07) is 16.6. The zero-order valence-electron chi connectivity index (χ0n) is 12.1. The normalized spacial score (nSPS) is 13.5. The van der Waals surface area contributed by atoms with Gasteiger partial charge in [0.1, 0.15) is 0 Å². The Morgan fingerprint density at radius 3 is 2.32 bits per heavy atom. The van der Waals surface area contributed by atoms with Crippen LogP contribution in [0.2, 0.25) is 0 Å². The fourth-order valence-electron chi connectivity index (χ4n) is 2.44. The molecule has 0 radical (unpaired) electrons. The standard InChI is InChI=1S/C16H17N3.2ClH.H2O/c1-2-6-13(7-3-1)14(12-16-18-10-11-19-16)15-8-4-5-9-17-15;;;/h1-9,14H,10-12H2,(H,18,19);2*1H;1H2. The van der Waals surface area contributed by atoms with E-state index in [0.717, 1.165) is 31.0 Å². The van der Waals surface area contributed by atoms with Crippen LogP contribution in [0.5, 0.6) is 0 Å². The number of hydrogen-bond acceptors (Lipinski definition) is 3. The lowest BCUT2D eigenvalue weighted by Crippen LogP contribution is -2.21. The Balaban J connectivity index is 0.00000147. The molecule has 0 bridgehead atoms. The van der Waals surface area contributed by atoms with Gasteiger partial charge in [0.25, 0.3) is 0 Å². The molecule has 0 amide bonds. The van der Waals surface area contributed by atoms with E-state index in [0.29, 0.717) is 0 Å². The Morgan fingerprint density at radius 2 is 1.73 bits per heavy atom. The third-order valence-corrected chi connectivity index (χ3v) is 3.39. The van der Waals surface area contributed by atoms with E-state index in [1.54, 1.807) is 0 Å². The van der Waals surface area contributed by atoms with E-state index in [2.05, 4.69) is 45.6 Å². The summed E-state index contributed by atoms with van der Waals surface area (Å²) in [4.78, 5) is 9.02. The smallest absolute Gasteiger partial charge is 0.0974 e. The predicted octanol–water partition coefficient (Wildman–Crippen LogP) is 2.62. The fraction of sp³-hybridized carbons (Fsp3) is 0.250. The molecule has 1 aromatic carbocycles. The summed E-state index contributed by atoms with van der Waals surface area (Å²) in [5.41, 5.74) is 2.39. The molecule has 1 aromatic heterocycles. The van der Waals surface area contributed by atoms with Gasteiger partial charge in [-0.1, -0.05) is 36.4 Å². The first-order valence-electron chi connectivity index (χ1n) is 6.66. The van der Waals surface area contributed by atoms with Gasteiger partial charge >= 0.3 is 0 Å². The number of halogens is 2. The topological polar surface area (TPSA) is 68.8 Å². The number of nitrogens with zero attached hydrogens (tertiary/aromatic N) is 2. The van der Waals surface area contributed by atoms with Gasteiger partial charge in [-0.05, 0) is 17.7 Å². The van der Waals surface area contributed by atoms with Crippen LogP contribution >= 0.6 is 24.8 Å². The average molecular weight is 342 g/mol. The lowest BCUT2D eigenvalue weighted by Gasteiger charge is -2.17. The number of aliphatic imine (C=N–C) groups is 1. The van der Waals surface area contributed by atoms with E-state index in [-0.39, 0.29) is 36.2 Å². The van der Waals surface area contributed by atoms with E-state index in [9.17, 15) is 0 Å². The largest absolute Gasteiger partial charge is 0.412 e. The van der Waals surface area contributed by atoms with Crippen molar-refractivity contribution in [1.82, 2.24) is 10.3 Å². The van der Waals surface area contributed by atoms with Crippen molar-refractivity contribution in [3.05, 3.63) is 66.0 Å². The molecular formula is C16H21Cl2N3O. The van der Waals surface area contributed by atoms with E-state index in [1.807, 2.05) is 24.4 Å². The molecule has 6 heteroatoms. The van der Waals surface area contributed by atoms with Crippen LogP contribution in [0, 0.1) is 0 Å². The summed E-state index contributed by atoms with van der Waals surface area (Å²) in [6.07, 6.45) is 2.75. The molecule has 0 saturated carbocycles. The minimum absolute atomic E-state index is 0. The van der Waals surface area contributed by atoms with Crippen LogP contribution in [-0.4, -0.2) is 29.4 Å². The Labute approximate surface area is 143 Å². The Morgan fingerprint density at radius 1 is 1.00 bits per heavy atom. The summed E-state index contributed by atoms with van der Waals surface area (Å²) < 4.78 is 0. The number of pyridine rings is 1. The van der Waals surface area contributed by atoms with E-state index < -0.39 is 0 Å². The second kappa shape index (κ2) is 10.2. The number of rotatable bonds is 4. The quantitative estimate of drug-likeness (QED) is 0.928. The van der Waals surface area contributed by atoms with Gasteiger partial charge in [0.2, 0.25) is 0 Å². The second-order valence-electron chi connectivity index (χ2n) is 4.68. The zero-order chi connectivity index (χ0) is 12.9. The van der Waals surface area contributed by atoms with E-state index in [1.165, 1.54) is 5.56 Å². The molecule has 0 fully saturated rings. The zero-order valence-corrected chi connectivity index (χ0v) is 13.7. The van der Waals surface area contributed by atoms with Crippen molar-refractivity contribution in [3.63, 3.8) is 0 Å². The molecule has 0 spiro atoms. The van der Waals surface area contributed by atoms with Gasteiger partial charge in [-0.3, -0.25) is 9.98 Å². The highest BCUT2D eigenvalue weighted by atomic mass is 35.5. The molecule has 1 unspecified atom stereocenters. The lowest BCUT2D eigenvalue weighted by atomic mass is 9.91. The SMILES string of the molecule is Cl.Cl.O.c1ccc(C(CC2=NCCN2)c2ccccn2)cc1. The minimum Gasteiger partial charge on any atom is -0.412 e. The van der Waals surface area contributed by atoms with Crippen molar-refractivity contribution in [2.75, 3.05) is 13.1 Å².